The lowest BCUT2D eigenvalue weighted by atomic mass is 9.84. The molecule has 19 heavy (non-hydrogen) atoms. The number of aliphatic hydroxyl groups is 1. The number of nitrogens with zero attached hydrogens (tertiary/aromatic N) is 1. The number of aliphatic hydroxyl groups excluding tert-OH is 1. The highest BCUT2D eigenvalue weighted by Gasteiger charge is 2.40. The van der Waals surface area contributed by atoms with E-state index < -0.39 is 0 Å². The van der Waals surface area contributed by atoms with Gasteiger partial charge in [0.05, 0.1) is 6.10 Å². The second-order valence-electron chi connectivity index (χ2n) is 6.18. The molecular formula is C16H22BrNO. The van der Waals surface area contributed by atoms with Crippen molar-refractivity contribution in [2.45, 2.75) is 50.3 Å². The number of fused-ring (bicyclic) bond motifs is 2. The molecule has 2 aliphatic rings. The number of hydrogen-bond donors (Lipinski definition) is 1. The van der Waals surface area contributed by atoms with Crippen LogP contribution in [0.5, 0.6) is 0 Å². The molecule has 0 aromatic heterocycles. The molecule has 0 saturated carbocycles. The highest BCUT2D eigenvalue weighted by Crippen LogP contribution is 2.39. The van der Waals surface area contributed by atoms with Crippen molar-refractivity contribution in [1.29, 1.82) is 0 Å². The van der Waals surface area contributed by atoms with Crippen molar-refractivity contribution in [3.8, 4) is 0 Å². The Morgan fingerprint density at radius 1 is 1.32 bits per heavy atom. The van der Waals surface area contributed by atoms with E-state index in [2.05, 4.69) is 40.0 Å². The third-order valence-corrected chi connectivity index (χ3v) is 5.51. The molecule has 2 nitrogen and oxygen atoms in total. The zero-order valence-corrected chi connectivity index (χ0v) is 13.0. The third-order valence-electron chi connectivity index (χ3n) is 5.01. The Labute approximate surface area is 123 Å². The molecule has 2 aliphatic heterocycles. The van der Waals surface area contributed by atoms with E-state index in [1.807, 2.05) is 12.1 Å². The highest BCUT2D eigenvalue weighted by atomic mass is 79.9. The monoisotopic (exact) mass is 323 g/mol. The molecular weight excluding hydrogens is 302 g/mol. The van der Waals surface area contributed by atoms with Gasteiger partial charge in [-0.15, -0.1) is 0 Å². The van der Waals surface area contributed by atoms with E-state index in [1.54, 1.807) is 0 Å². The summed E-state index contributed by atoms with van der Waals surface area (Å²) in [5.74, 6) is 0.479. The molecule has 1 aromatic carbocycles. The van der Waals surface area contributed by atoms with Crippen LogP contribution in [0, 0.1) is 5.92 Å². The van der Waals surface area contributed by atoms with Crippen molar-refractivity contribution in [1.82, 2.24) is 4.90 Å². The molecule has 3 unspecified atom stereocenters. The van der Waals surface area contributed by atoms with E-state index in [4.69, 9.17) is 0 Å². The first-order chi connectivity index (χ1) is 9.13. The topological polar surface area (TPSA) is 23.5 Å². The number of piperidine rings is 1. The van der Waals surface area contributed by atoms with Gasteiger partial charge in [0.25, 0.3) is 0 Å². The molecule has 2 fully saturated rings. The average molecular weight is 324 g/mol. The second-order valence-corrected chi connectivity index (χ2v) is 7.10. The molecule has 3 heteroatoms. The number of rotatable bonds is 3. The van der Waals surface area contributed by atoms with Gasteiger partial charge in [0.15, 0.2) is 0 Å². The summed E-state index contributed by atoms with van der Waals surface area (Å²) in [6, 6.07) is 9.72. The van der Waals surface area contributed by atoms with Gasteiger partial charge in [0, 0.05) is 16.6 Å². The van der Waals surface area contributed by atoms with E-state index in [9.17, 15) is 5.11 Å². The van der Waals surface area contributed by atoms with Crippen LogP contribution >= 0.6 is 15.9 Å². The Hall–Kier alpha value is -0.380. The van der Waals surface area contributed by atoms with Crippen molar-refractivity contribution in [2.24, 2.45) is 5.92 Å². The van der Waals surface area contributed by atoms with Crippen molar-refractivity contribution in [2.75, 3.05) is 7.05 Å². The normalized spacial score (nSPS) is 32.5. The fourth-order valence-corrected chi connectivity index (χ4v) is 4.29. The maximum atomic E-state index is 10.5. The number of halogens is 1. The van der Waals surface area contributed by atoms with Crippen LogP contribution in [-0.2, 0) is 6.42 Å². The van der Waals surface area contributed by atoms with Gasteiger partial charge < -0.3 is 10.0 Å². The number of benzene rings is 1. The van der Waals surface area contributed by atoms with E-state index in [1.165, 1.54) is 31.2 Å². The van der Waals surface area contributed by atoms with Gasteiger partial charge in [-0.05, 0) is 62.8 Å². The molecule has 104 valence electrons. The van der Waals surface area contributed by atoms with Gasteiger partial charge in [-0.2, -0.15) is 0 Å². The lowest BCUT2D eigenvalue weighted by Gasteiger charge is -2.38. The van der Waals surface area contributed by atoms with Crippen LogP contribution in [0.15, 0.2) is 28.7 Å². The first kappa shape index (κ1) is 13.6. The minimum absolute atomic E-state index is 0.189. The molecule has 2 bridgehead atoms. The molecule has 0 aliphatic carbocycles. The van der Waals surface area contributed by atoms with Gasteiger partial charge in [-0.3, -0.25) is 0 Å². The molecule has 3 atom stereocenters. The summed E-state index contributed by atoms with van der Waals surface area (Å²) >= 11 is 3.50. The van der Waals surface area contributed by atoms with Crippen molar-refractivity contribution in [3.05, 3.63) is 34.3 Å². The molecule has 1 aromatic rings. The maximum absolute atomic E-state index is 10.5. The molecule has 3 rings (SSSR count). The van der Waals surface area contributed by atoms with Crippen LogP contribution in [0.4, 0.5) is 0 Å². The highest BCUT2D eigenvalue weighted by molar-refractivity contribution is 9.10. The summed E-state index contributed by atoms with van der Waals surface area (Å²) in [6.45, 7) is 0. The van der Waals surface area contributed by atoms with E-state index in [0.717, 1.165) is 10.9 Å². The van der Waals surface area contributed by atoms with E-state index in [0.29, 0.717) is 18.0 Å². The Balaban J connectivity index is 1.64. The molecule has 0 radical (unpaired) electrons. The van der Waals surface area contributed by atoms with Crippen LogP contribution in [0.1, 0.15) is 31.2 Å². The predicted octanol–water partition coefficient (Wildman–Crippen LogP) is 3.23. The predicted molar refractivity (Wildman–Crippen MR) is 81.1 cm³/mol. The quantitative estimate of drug-likeness (QED) is 0.923. The molecule has 2 saturated heterocycles. The summed E-state index contributed by atoms with van der Waals surface area (Å²) in [5, 5.41) is 10.5. The smallest absolute Gasteiger partial charge is 0.0609 e. The minimum atomic E-state index is -0.189. The molecule has 0 spiro atoms. The minimum Gasteiger partial charge on any atom is -0.392 e. The van der Waals surface area contributed by atoms with Gasteiger partial charge in [0.2, 0.25) is 0 Å². The van der Waals surface area contributed by atoms with Crippen LogP contribution in [0.3, 0.4) is 0 Å². The summed E-state index contributed by atoms with van der Waals surface area (Å²) < 4.78 is 1.10. The Bertz CT molecular complexity index is 436. The van der Waals surface area contributed by atoms with Crippen LogP contribution in [-0.4, -0.2) is 35.2 Å². The molecule has 1 N–H and O–H groups in total. The van der Waals surface area contributed by atoms with Gasteiger partial charge in [-0.1, -0.05) is 28.1 Å². The Morgan fingerprint density at radius 3 is 2.63 bits per heavy atom. The summed E-state index contributed by atoms with van der Waals surface area (Å²) in [5.41, 5.74) is 1.23. The Morgan fingerprint density at radius 2 is 2.00 bits per heavy atom. The van der Waals surface area contributed by atoms with Crippen LogP contribution in [0.2, 0.25) is 0 Å². The summed E-state index contributed by atoms with van der Waals surface area (Å²) in [6.07, 6.45) is 5.58. The first-order valence-electron chi connectivity index (χ1n) is 7.28. The molecule has 2 heterocycles. The largest absolute Gasteiger partial charge is 0.392 e. The third kappa shape index (κ3) is 2.88. The van der Waals surface area contributed by atoms with Gasteiger partial charge >= 0.3 is 0 Å². The Kier molecular flexibility index (Phi) is 3.97. The van der Waals surface area contributed by atoms with Gasteiger partial charge in [0.1, 0.15) is 0 Å². The van der Waals surface area contributed by atoms with Gasteiger partial charge in [-0.25, -0.2) is 0 Å². The summed E-state index contributed by atoms with van der Waals surface area (Å²) in [4.78, 5) is 2.53. The SMILES string of the molecule is CN1C2CCC1CC(C(O)Cc1cccc(Br)c1)C2. The fraction of sp³-hybridized carbons (Fsp3) is 0.625. The zero-order chi connectivity index (χ0) is 13.4. The lowest BCUT2D eigenvalue weighted by Crippen LogP contribution is -2.43. The zero-order valence-electron chi connectivity index (χ0n) is 11.4. The van der Waals surface area contributed by atoms with Crippen molar-refractivity contribution < 1.29 is 5.11 Å². The van der Waals surface area contributed by atoms with Crippen LogP contribution < -0.4 is 0 Å². The maximum Gasteiger partial charge on any atom is 0.0609 e. The first-order valence-corrected chi connectivity index (χ1v) is 8.07. The van der Waals surface area contributed by atoms with E-state index in [-0.39, 0.29) is 6.10 Å². The van der Waals surface area contributed by atoms with Crippen molar-refractivity contribution >= 4 is 15.9 Å². The van der Waals surface area contributed by atoms with E-state index >= 15 is 0 Å². The standard InChI is InChI=1S/C16H22BrNO/c1-18-14-5-6-15(18)10-12(9-14)16(19)8-11-3-2-4-13(17)7-11/h2-4,7,12,14-16,19H,5-6,8-10H2,1H3. The summed E-state index contributed by atoms with van der Waals surface area (Å²) in [7, 11) is 2.25. The fourth-order valence-electron chi connectivity index (χ4n) is 3.84. The average Bonchev–Trinajstić information content (AvgIpc) is 2.62. The lowest BCUT2D eigenvalue weighted by molar-refractivity contribution is 0.0368. The van der Waals surface area contributed by atoms with Crippen LogP contribution in [0.25, 0.3) is 0 Å². The molecule has 0 amide bonds. The number of hydrogen-bond acceptors (Lipinski definition) is 2. The second kappa shape index (κ2) is 5.55. The van der Waals surface area contributed by atoms with Crippen molar-refractivity contribution in [3.63, 3.8) is 0 Å².